The summed E-state index contributed by atoms with van der Waals surface area (Å²) < 4.78 is 20.5. The molecule has 5 aliphatic rings. The quantitative estimate of drug-likeness (QED) is 0.383. The lowest BCUT2D eigenvalue weighted by Crippen LogP contribution is -2.85. The van der Waals surface area contributed by atoms with E-state index in [2.05, 4.69) is 78.5 Å². The lowest BCUT2D eigenvalue weighted by molar-refractivity contribution is -0.553. The van der Waals surface area contributed by atoms with E-state index in [9.17, 15) is 0 Å². The SMILES string of the molecule is CC12C[C@]3(C)OC(C)(C[C@@](C)(O1)C3(CP)C1(CP(C(C)(C)C)C(C)(C)C)CCCCC1)O2. The van der Waals surface area contributed by atoms with Gasteiger partial charge >= 0.3 is 0 Å². The molecule has 0 radical (unpaired) electrons. The molecule has 0 aromatic rings. The first-order valence-corrected chi connectivity index (χ1v) is 15.3. The molecule has 5 fully saturated rings. The molecule has 0 amide bonds. The van der Waals surface area contributed by atoms with E-state index in [1.54, 1.807) is 0 Å². The first-order chi connectivity index (χ1) is 14.4. The van der Waals surface area contributed by atoms with Crippen LogP contribution >= 0.6 is 17.2 Å². The molecule has 32 heavy (non-hydrogen) atoms. The first-order valence-electron chi connectivity index (χ1n) is 13.0. The van der Waals surface area contributed by atoms with Crippen LogP contribution in [-0.4, -0.2) is 45.4 Å². The third-order valence-electron chi connectivity index (χ3n) is 9.54. The van der Waals surface area contributed by atoms with Gasteiger partial charge in [-0.2, -0.15) is 0 Å². The topological polar surface area (TPSA) is 27.7 Å². The summed E-state index contributed by atoms with van der Waals surface area (Å²) in [4.78, 5) is 0. The van der Waals surface area contributed by atoms with Crippen molar-refractivity contribution in [2.45, 2.75) is 147 Å². The van der Waals surface area contributed by atoms with Crippen molar-refractivity contribution < 1.29 is 14.2 Å². The van der Waals surface area contributed by atoms with Gasteiger partial charge in [0.2, 0.25) is 0 Å². The smallest absolute Gasteiger partial charge is 0.172 e. The lowest BCUT2D eigenvalue weighted by Gasteiger charge is -2.79. The molecule has 0 N–H and O–H groups in total. The molecule has 4 unspecified atom stereocenters. The molecule has 4 aliphatic heterocycles. The Labute approximate surface area is 201 Å². The van der Waals surface area contributed by atoms with Gasteiger partial charge in [-0.05, 0) is 68.6 Å². The largest absolute Gasteiger partial charge is 0.343 e. The van der Waals surface area contributed by atoms with E-state index in [0.717, 1.165) is 19.0 Å². The van der Waals surface area contributed by atoms with Crippen LogP contribution in [0.15, 0.2) is 0 Å². The molecule has 6 atom stereocenters. The van der Waals surface area contributed by atoms with Crippen molar-refractivity contribution in [3.05, 3.63) is 0 Å². The van der Waals surface area contributed by atoms with Gasteiger partial charge in [-0.1, -0.05) is 68.7 Å². The molecular weight excluding hydrogens is 434 g/mol. The van der Waals surface area contributed by atoms with Gasteiger partial charge in [0.15, 0.2) is 11.6 Å². The normalized spacial score (nSPS) is 46.1. The lowest BCUT2D eigenvalue weighted by atomic mass is 9.42. The fourth-order valence-corrected chi connectivity index (χ4v) is 14.9. The summed E-state index contributed by atoms with van der Waals surface area (Å²) in [6, 6.07) is 0. The van der Waals surface area contributed by atoms with Crippen LogP contribution < -0.4 is 0 Å². The minimum absolute atomic E-state index is 0.0437. The van der Waals surface area contributed by atoms with Crippen molar-refractivity contribution in [3.8, 4) is 0 Å². The molecule has 0 aromatic heterocycles. The van der Waals surface area contributed by atoms with Crippen molar-refractivity contribution in [1.29, 1.82) is 0 Å². The third kappa shape index (κ3) is 3.53. The average molecular weight is 485 g/mol. The molecule has 3 nitrogen and oxygen atoms in total. The molecule has 0 aromatic carbocycles. The highest BCUT2D eigenvalue weighted by atomic mass is 31.1. The minimum atomic E-state index is -0.549. The molecular formula is C27H50O3P2. The Morgan fingerprint density at radius 2 is 1.16 bits per heavy atom. The molecule has 4 heterocycles. The maximum absolute atomic E-state index is 7.06. The summed E-state index contributed by atoms with van der Waals surface area (Å²) >= 11 is 0. The van der Waals surface area contributed by atoms with Gasteiger partial charge in [-0.15, -0.1) is 9.24 Å². The Balaban J connectivity index is 1.91. The maximum atomic E-state index is 7.06. The summed E-state index contributed by atoms with van der Waals surface area (Å²) in [6.07, 6.45) is 10.6. The van der Waals surface area contributed by atoms with E-state index in [-0.39, 0.29) is 30.0 Å². The third-order valence-corrected chi connectivity index (χ3v) is 14.3. The Morgan fingerprint density at radius 3 is 1.53 bits per heavy atom. The fraction of sp³-hybridized carbons (Fsp3) is 1.00. The van der Waals surface area contributed by atoms with E-state index in [1.165, 1.54) is 38.3 Å². The van der Waals surface area contributed by atoms with Crippen LogP contribution in [0.2, 0.25) is 0 Å². The van der Waals surface area contributed by atoms with Gasteiger partial charge in [-0.25, -0.2) is 0 Å². The molecule has 186 valence electrons. The summed E-state index contributed by atoms with van der Waals surface area (Å²) in [7, 11) is 2.97. The van der Waals surface area contributed by atoms with Gasteiger partial charge in [0.05, 0.1) is 11.2 Å². The van der Waals surface area contributed by atoms with Crippen LogP contribution in [0.5, 0.6) is 0 Å². The van der Waals surface area contributed by atoms with Crippen LogP contribution in [0.3, 0.4) is 0 Å². The van der Waals surface area contributed by atoms with Crippen LogP contribution in [0.4, 0.5) is 0 Å². The van der Waals surface area contributed by atoms with Crippen LogP contribution in [0.1, 0.15) is 114 Å². The van der Waals surface area contributed by atoms with Crippen LogP contribution in [0, 0.1) is 10.8 Å². The summed E-state index contributed by atoms with van der Waals surface area (Å²) in [5.74, 6) is -1.10. The van der Waals surface area contributed by atoms with E-state index < -0.39 is 11.6 Å². The fourth-order valence-electron chi connectivity index (χ4n) is 9.43. The number of hydrogen-bond acceptors (Lipinski definition) is 3. The first kappa shape index (κ1) is 25.8. The minimum Gasteiger partial charge on any atom is -0.343 e. The highest BCUT2D eigenvalue weighted by molar-refractivity contribution is 7.60. The highest BCUT2D eigenvalue weighted by Gasteiger charge is 2.81. The summed E-state index contributed by atoms with van der Waals surface area (Å²) in [5.41, 5.74) is -0.327. The van der Waals surface area contributed by atoms with Gasteiger partial charge < -0.3 is 14.2 Å². The zero-order valence-corrected chi connectivity index (χ0v) is 24.7. The van der Waals surface area contributed by atoms with Crippen molar-refractivity contribution in [2.24, 2.45) is 10.8 Å². The molecule has 5 rings (SSSR count). The second-order valence-corrected chi connectivity index (χ2v) is 18.5. The Bertz CT molecular complexity index is 685. The van der Waals surface area contributed by atoms with E-state index >= 15 is 0 Å². The highest BCUT2D eigenvalue weighted by Crippen LogP contribution is 2.77. The summed E-state index contributed by atoms with van der Waals surface area (Å²) in [5, 5.41) is 0.632. The van der Waals surface area contributed by atoms with Gasteiger partial charge in [0, 0.05) is 18.3 Å². The zero-order valence-electron chi connectivity index (χ0n) is 22.6. The van der Waals surface area contributed by atoms with Crippen molar-refractivity contribution in [1.82, 2.24) is 0 Å². The van der Waals surface area contributed by atoms with E-state index in [0.29, 0.717) is 10.3 Å². The number of rotatable bonds is 4. The predicted octanol–water partition coefficient (Wildman–Crippen LogP) is 7.70. The van der Waals surface area contributed by atoms with Gasteiger partial charge in [-0.3, -0.25) is 0 Å². The van der Waals surface area contributed by atoms with E-state index in [4.69, 9.17) is 14.2 Å². The van der Waals surface area contributed by atoms with E-state index in [1.807, 2.05) is 0 Å². The van der Waals surface area contributed by atoms with Gasteiger partial charge in [0.1, 0.15) is 0 Å². The monoisotopic (exact) mass is 484 g/mol. The van der Waals surface area contributed by atoms with Crippen molar-refractivity contribution in [2.75, 3.05) is 12.3 Å². The number of hydrogen-bond donors (Lipinski definition) is 0. The second-order valence-electron chi connectivity index (χ2n) is 14.3. The molecule has 0 spiro atoms. The van der Waals surface area contributed by atoms with Crippen LogP contribution in [0.25, 0.3) is 0 Å². The summed E-state index contributed by atoms with van der Waals surface area (Å²) in [6.45, 7) is 24.0. The molecule has 5 heteroatoms. The number of ether oxygens (including phenoxy) is 3. The predicted molar refractivity (Wildman–Crippen MR) is 140 cm³/mol. The van der Waals surface area contributed by atoms with Crippen molar-refractivity contribution >= 4 is 17.2 Å². The molecule has 1 aliphatic carbocycles. The van der Waals surface area contributed by atoms with Gasteiger partial charge in [0.25, 0.3) is 0 Å². The van der Waals surface area contributed by atoms with Crippen LogP contribution in [-0.2, 0) is 14.2 Å². The Morgan fingerprint density at radius 1 is 0.719 bits per heavy atom. The molecule has 4 saturated heterocycles. The molecule has 1 saturated carbocycles. The maximum Gasteiger partial charge on any atom is 0.172 e. The molecule has 4 bridgehead atoms. The van der Waals surface area contributed by atoms with Crippen molar-refractivity contribution in [3.63, 3.8) is 0 Å². The Kier molecular flexibility index (Phi) is 5.96. The standard InChI is InChI=1S/C27H50O3P2/c1-20(2,3)32(21(4,5)6)19-26(14-12-11-13-15-26)27(18-31)22(7)16-24(9)29-23(27,8)17-25(10,28-22)30-24/h11-19,31H2,1-10H3/t22-,23+,24?,25?,27?. The second kappa shape index (κ2) is 7.38. The Hall–Kier alpha value is 0.740. The average Bonchev–Trinajstić information content (AvgIpc) is 2.55. The zero-order chi connectivity index (χ0) is 24.1.